The molecule has 0 aliphatic carbocycles. The average molecular weight is 175 g/mol. The molecule has 0 amide bonds. The van der Waals surface area contributed by atoms with E-state index in [-0.39, 0.29) is 11.5 Å². The fourth-order valence-corrected chi connectivity index (χ4v) is 1.22. The van der Waals surface area contributed by atoms with Crippen LogP contribution in [0.15, 0.2) is 43.0 Å². The van der Waals surface area contributed by atoms with Crippen LogP contribution in [-0.4, -0.2) is 0 Å². The fraction of sp³-hybridized carbons (Fsp3) is 0.333. The van der Waals surface area contributed by atoms with Gasteiger partial charge in [-0.25, -0.2) is 0 Å². The van der Waals surface area contributed by atoms with Crippen LogP contribution in [0.5, 0.6) is 0 Å². The van der Waals surface area contributed by atoms with Crippen molar-refractivity contribution >= 4 is 0 Å². The predicted octanol–water partition coefficient (Wildman–Crippen LogP) is 2.90. The van der Waals surface area contributed by atoms with E-state index in [2.05, 4.69) is 32.6 Å². The van der Waals surface area contributed by atoms with Gasteiger partial charge < -0.3 is 5.73 Å². The minimum atomic E-state index is -0.0542. The van der Waals surface area contributed by atoms with Gasteiger partial charge in [0.05, 0.1) is 0 Å². The van der Waals surface area contributed by atoms with E-state index in [0.29, 0.717) is 0 Å². The van der Waals surface area contributed by atoms with Crippen LogP contribution in [0.25, 0.3) is 0 Å². The van der Waals surface area contributed by atoms with Gasteiger partial charge in [0, 0.05) is 11.5 Å². The smallest absolute Gasteiger partial charge is 0.0381 e. The molecule has 1 heteroatoms. The zero-order valence-electron chi connectivity index (χ0n) is 8.33. The summed E-state index contributed by atoms with van der Waals surface area (Å²) in [7, 11) is 0. The van der Waals surface area contributed by atoms with Gasteiger partial charge in [0.25, 0.3) is 0 Å². The van der Waals surface area contributed by atoms with E-state index in [0.717, 1.165) is 5.56 Å². The Bertz CT molecular complexity index is 274. The van der Waals surface area contributed by atoms with Gasteiger partial charge in [0.1, 0.15) is 0 Å². The van der Waals surface area contributed by atoms with Crippen molar-refractivity contribution in [3.05, 3.63) is 48.6 Å². The molecule has 0 saturated carbocycles. The molecule has 70 valence electrons. The van der Waals surface area contributed by atoms with Crippen molar-refractivity contribution in [2.45, 2.75) is 19.9 Å². The Morgan fingerprint density at radius 3 is 2.31 bits per heavy atom. The molecule has 0 radical (unpaired) electrons. The second kappa shape index (κ2) is 3.75. The standard InChI is InChI=1S/C12H17N/c1-4-12(2,3)11(13)10-8-6-5-7-9-10/h4-9,11H,1,13H2,2-3H3/t11-/m0/s1. The molecule has 1 aromatic carbocycles. The van der Waals surface area contributed by atoms with E-state index in [9.17, 15) is 0 Å². The lowest BCUT2D eigenvalue weighted by Crippen LogP contribution is -2.27. The average Bonchev–Trinajstić information content (AvgIpc) is 2.18. The van der Waals surface area contributed by atoms with Crippen LogP contribution in [0.1, 0.15) is 25.5 Å². The minimum Gasteiger partial charge on any atom is -0.323 e. The first kappa shape index (κ1) is 10.0. The molecule has 1 rings (SSSR count). The highest BCUT2D eigenvalue weighted by Crippen LogP contribution is 2.31. The first-order valence-corrected chi connectivity index (χ1v) is 4.52. The zero-order valence-corrected chi connectivity index (χ0v) is 8.33. The summed E-state index contributed by atoms with van der Waals surface area (Å²) in [5.41, 5.74) is 7.22. The lowest BCUT2D eigenvalue weighted by Gasteiger charge is -2.28. The van der Waals surface area contributed by atoms with Crippen LogP contribution in [-0.2, 0) is 0 Å². The molecule has 1 nitrogen and oxygen atoms in total. The molecule has 0 aliphatic rings. The summed E-state index contributed by atoms with van der Waals surface area (Å²) in [5, 5.41) is 0. The van der Waals surface area contributed by atoms with Crippen LogP contribution >= 0.6 is 0 Å². The Morgan fingerprint density at radius 1 is 1.31 bits per heavy atom. The second-order valence-corrected chi connectivity index (χ2v) is 3.91. The Balaban J connectivity index is 2.91. The van der Waals surface area contributed by atoms with E-state index in [1.807, 2.05) is 24.3 Å². The van der Waals surface area contributed by atoms with Gasteiger partial charge >= 0.3 is 0 Å². The van der Waals surface area contributed by atoms with Crippen LogP contribution < -0.4 is 5.73 Å². The Hall–Kier alpha value is -1.08. The molecule has 0 heterocycles. The first-order chi connectivity index (χ1) is 6.08. The molecule has 13 heavy (non-hydrogen) atoms. The van der Waals surface area contributed by atoms with Crippen molar-refractivity contribution in [2.24, 2.45) is 11.1 Å². The molecular weight excluding hydrogens is 158 g/mol. The van der Waals surface area contributed by atoms with Crippen LogP contribution in [0.2, 0.25) is 0 Å². The molecule has 1 aromatic rings. The lowest BCUT2D eigenvalue weighted by molar-refractivity contribution is 0.381. The summed E-state index contributed by atoms with van der Waals surface area (Å²) in [6.45, 7) is 7.99. The number of hydrogen-bond acceptors (Lipinski definition) is 1. The Morgan fingerprint density at radius 2 is 1.85 bits per heavy atom. The van der Waals surface area contributed by atoms with Crippen molar-refractivity contribution in [2.75, 3.05) is 0 Å². The third-order valence-corrected chi connectivity index (χ3v) is 2.49. The summed E-state index contributed by atoms with van der Waals surface area (Å²) < 4.78 is 0. The summed E-state index contributed by atoms with van der Waals surface area (Å²) in [6.07, 6.45) is 1.91. The molecule has 1 atom stereocenters. The van der Waals surface area contributed by atoms with Crippen molar-refractivity contribution in [3.8, 4) is 0 Å². The topological polar surface area (TPSA) is 26.0 Å². The molecule has 0 aliphatic heterocycles. The largest absolute Gasteiger partial charge is 0.323 e. The minimum absolute atomic E-state index is 0.0196. The van der Waals surface area contributed by atoms with Gasteiger partial charge in [0.2, 0.25) is 0 Å². The summed E-state index contributed by atoms with van der Waals surface area (Å²) >= 11 is 0. The van der Waals surface area contributed by atoms with E-state index in [1.165, 1.54) is 0 Å². The normalized spacial score (nSPS) is 13.8. The van der Waals surface area contributed by atoms with E-state index in [4.69, 9.17) is 5.73 Å². The van der Waals surface area contributed by atoms with Crippen molar-refractivity contribution in [3.63, 3.8) is 0 Å². The van der Waals surface area contributed by atoms with Crippen LogP contribution in [0.4, 0.5) is 0 Å². The van der Waals surface area contributed by atoms with Crippen LogP contribution in [0.3, 0.4) is 0 Å². The maximum Gasteiger partial charge on any atom is 0.0381 e. The summed E-state index contributed by atoms with van der Waals surface area (Å²) in [5.74, 6) is 0. The highest BCUT2D eigenvalue weighted by atomic mass is 14.7. The Labute approximate surface area is 80.3 Å². The van der Waals surface area contributed by atoms with E-state index >= 15 is 0 Å². The van der Waals surface area contributed by atoms with Crippen LogP contribution in [0, 0.1) is 5.41 Å². The monoisotopic (exact) mass is 175 g/mol. The second-order valence-electron chi connectivity index (χ2n) is 3.91. The summed E-state index contributed by atoms with van der Waals surface area (Å²) in [4.78, 5) is 0. The van der Waals surface area contributed by atoms with Crippen molar-refractivity contribution in [1.82, 2.24) is 0 Å². The number of hydrogen-bond donors (Lipinski definition) is 1. The van der Waals surface area contributed by atoms with Gasteiger partial charge in [-0.05, 0) is 5.56 Å². The number of nitrogens with two attached hydrogens (primary N) is 1. The summed E-state index contributed by atoms with van der Waals surface area (Å²) in [6, 6.07) is 10.1. The molecule has 0 bridgehead atoms. The van der Waals surface area contributed by atoms with E-state index in [1.54, 1.807) is 0 Å². The van der Waals surface area contributed by atoms with E-state index < -0.39 is 0 Å². The molecule has 0 saturated heterocycles. The maximum atomic E-state index is 6.11. The SMILES string of the molecule is C=CC(C)(C)[C@@H](N)c1ccccc1. The number of benzene rings is 1. The molecule has 0 unspecified atom stereocenters. The Kier molecular flexibility index (Phi) is 2.89. The number of rotatable bonds is 3. The molecule has 0 fully saturated rings. The van der Waals surface area contributed by atoms with Crippen molar-refractivity contribution in [1.29, 1.82) is 0 Å². The first-order valence-electron chi connectivity index (χ1n) is 4.52. The predicted molar refractivity (Wildman–Crippen MR) is 57.3 cm³/mol. The fourth-order valence-electron chi connectivity index (χ4n) is 1.22. The molecule has 2 N–H and O–H groups in total. The van der Waals surface area contributed by atoms with Crippen molar-refractivity contribution < 1.29 is 0 Å². The third-order valence-electron chi connectivity index (χ3n) is 2.49. The quantitative estimate of drug-likeness (QED) is 0.702. The molecular formula is C12H17N. The van der Waals surface area contributed by atoms with Gasteiger partial charge in [-0.2, -0.15) is 0 Å². The molecule has 0 spiro atoms. The zero-order chi connectivity index (χ0) is 9.90. The molecule has 0 aromatic heterocycles. The highest BCUT2D eigenvalue weighted by Gasteiger charge is 2.23. The third kappa shape index (κ3) is 2.19. The highest BCUT2D eigenvalue weighted by molar-refractivity contribution is 5.22. The van der Waals surface area contributed by atoms with Gasteiger partial charge in [-0.1, -0.05) is 50.3 Å². The van der Waals surface area contributed by atoms with Gasteiger partial charge in [-0.15, -0.1) is 6.58 Å². The lowest BCUT2D eigenvalue weighted by atomic mass is 9.81. The maximum absolute atomic E-state index is 6.11. The van der Waals surface area contributed by atoms with Gasteiger partial charge in [0.15, 0.2) is 0 Å². The van der Waals surface area contributed by atoms with Gasteiger partial charge in [-0.3, -0.25) is 0 Å².